The molecule has 2 amide bonds. The van der Waals surface area contributed by atoms with Crippen LogP contribution in [-0.4, -0.2) is 56.0 Å². The van der Waals surface area contributed by atoms with Gasteiger partial charge in [0.15, 0.2) is 0 Å². The van der Waals surface area contributed by atoms with Crippen LogP contribution in [-0.2, 0) is 15.2 Å². The Morgan fingerprint density at radius 1 is 1.00 bits per heavy atom. The summed E-state index contributed by atoms with van der Waals surface area (Å²) in [5.74, 6) is -0.467. The van der Waals surface area contributed by atoms with E-state index in [0.29, 0.717) is 50.2 Å². The Morgan fingerprint density at radius 2 is 1.55 bits per heavy atom. The van der Waals surface area contributed by atoms with Gasteiger partial charge >= 0.3 is 0 Å². The largest absolute Gasteiger partial charge is 0.390 e. The molecule has 1 saturated heterocycles. The second kappa shape index (κ2) is 10.9. The van der Waals surface area contributed by atoms with Crippen molar-refractivity contribution in [2.45, 2.75) is 102 Å². The highest BCUT2D eigenvalue weighted by atomic mass is 35.5. The summed E-state index contributed by atoms with van der Waals surface area (Å²) < 4.78 is -1.73. The van der Waals surface area contributed by atoms with Gasteiger partial charge in [-0.1, -0.05) is 81.6 Å². The molecule has 0 radical (unpaired) electrons. The second-order valence-corrected chi connectivity index (χ2v) is 16.1. The van der Waals surface area contributed by atoms with Gasteiger partial charge in [-0.3, -0.25) is 9.59 Å². The maximum Gasteiger partial charge on any atom is 0.257 e. The quantitative estimate of drug-likeness (QED) is 0.339. The van der Waals surface area contributed by atoms with E-state index in [1.54, 1.807) is 17.0 Å². The van der Waals surface area contributed by atoms with Crippen LogP contribution in [0, 0.1) is 28.6 Å². The Bertz CT molecular complexity index is 1100. The molecule has 1 aromatic rings. The lowest BCUT2D eigenvalue weighted by molar-refractivity contribution is -0.157. The summed E-state index contributed by atoms with van der Waals surface area (Å²) >= 11 is 19.9. The molecule has 40 heavy (non-hydrogen) atoms. The van der Waals surface area contributed by atoms with E-state index in [-0.39, 0.29) is 23.7 Å². The van der Waals surface area contributed by atoms with Crippen molar-refractivity contribution in [3.05, 3.63) is 34.9 Å². The molecule has 2 aliphatic carbocycles. The van der Waals surface area contributed by atoms with Crippen LogP contribution in [0.25, 0.3) is 0 Å². The number of hydrogen-bond acceptors (Lipinski definition) is 4. The number of benzene rings is 1. The van der Waals surface area contributed by atoms with Gasteiger partial charge in [0.05, 0.1) is 11.2 Å². The van der Waals surface area contributed by atoms with Crippen molar-refractivity contribution in [2.75, 3.05) is 13.1 Å². The van der Waals surface area contributed by atoms with Gasteiger partial charge in [-0.05, 0) is 80.9 Å². The van der Waals surface area contributed by atoms with Gasteiger partial charge in [0, 0.05) is 28.9 Å². The van der Waals surface area contributed by atoms with Crippen molar-refractivity contribution in [1.82, 2.24) is 10.2 Å². The van der Waals surface area contributed by atoms with E-state index >= 15 is 0 Å². The molecule has 9 heteroatoms. The van der Waals surface area contributed by atoms with Crippen LogP contribution >= 0.6 is 34.8 Å². The summed E-state index contributed by atoms with van der Waals surface area (Å²) in [5, 5.41) is 25.9. The van der Waals surface area contributed by atoms with Crippen LogP contribution in [0.15, 0.2) is 24.3 Å². The van der Waals surface area contributed by atoms with E-state index < -0.39 is 38.3 Å². The summed E-state index contributed by atoms with van der Waals surface area (Å²) in [6.07, 6.45) is 3.99. The second-order valence-electron chi connectivity index (χ2n) is 14.4. The number of piperidine rings is 1. The van der Waals surface area contributed by atoms with E-state index in [1.165, 1.54) is 0 Å². The lowest BCUT2D eigenvalue weighted by Crippen LogP contribution is -2.62. The van der Waals surface area contributed by atoms with E-state index in [1.807, 2.05) is 53.7 Å². The third kappa shape index (κ3) is 5.90. The van der Waals surface area contributed by atoms with Crippen LogP contribution < -0.4 is 5.32 Å². The van der Waals surface area contributed by atoms with Gasteiger partial charge in [-0.15, -0.1) is 0 Å². The predicted octanol–water partition coefficient (Wildman–Crippen LogP) is 6.07. The van der Waals surface area contributed by atoms with Crippen molar-refractivity contribution < 1.29 is 19.8 Å². The monoisotopic (exact) mass is 614 g/mol. The van der Waals surface area contributed by atoms with Crippen LogP contribution in [0.2, 0.25) is 5.02 Å². The molecule has 3 N–H and O–H groups in total. The number of halogens is 3. The number of aliphatic hydroxyl groups is 2. The zero-order valence-electron chi connectivity index (χ0n) is 24.6. The first-order valence-electron chi connectivity index (χ1n) is 14.5. The highest BCUT2D eigenvalue weighted by molar-refractivity contribution is 6.58. The highest BCUT2D eigenvalue weighted by Crippen LogP contribution is 2.58. The van der Waals surface area contributed by atoms with Gasteiger partial charge in [0.2, 0.25) is 10.2 Å². The fourth-order valence-corrected chi connectivity index (χ4v) is 8.42. The molecule has 1 heterocycles. The Balaban J connectivity index is 1.48. The Labute approximate surface area is 254 Å². The maximum atomic E-state index is 13.9. The number of carbonyl (C=O) groups excluding carboxylic acids is 2. The summed E-state index contributed by atoms with van der Waals surface area (Å²) in [5.41, 5.74) is -2.40. The molecule has 2 bridgehead atoms. The number of likely N-dealkylation sites (tertiary alicyclic amines) is 1. The molecule has 3 fully saturated rings. The molecule has 0 aromatic heterocycles. The molecule has 3 aliphatic rings. The maximum absolute atomic E-state index is 13.9. The Kier molecular flexibility index (Phi) is 8.69. The average molecular weight is 616 g/mol. The van der Waals surface area contributed by atoms with Crippen molar-refractivity contribution >= 4 is 46.6 Å². The number of alkyl halides is 2. The predicted molar refractivity (Wildman–Crippen MR) is 160 cm³/mol. The molecular weight excluding hydrogens is 571 g/mol. The SMILES string of the molecule is CC(C)[C@@H](NC(=O)C(Cl)(Cl)C1(C)CC2CC(CC(C)(O)C2)C1)C(=O)N1CC[C@](O)(c2ccc(Cl)cc2)C(C)(C)C1. The van der Waals surface area contributed by atoms with Crippen molar-refractivity contribution in [3.63, 3.8) is 0 Å². The van der Waals surface area contributed by atoms with E-state index in [0.717, 1.165) is 12.0 Å². The van der Waals surface area contributed by atoms with Crippen molar-refractivity contribution in [2.24, 2.45) is 28.6 Å². The van der Waals surface area contributed by atoms with E-state index in [4.69, 9.17) is 34.8 Å². The summed E-state index contributed by atoms with van der Waals surface area (Å²) in [6.45, 7) is 12.2. The number of nitrogens with zero attached hydrogens (tertiary/aromatic N) is 1. The van der Waals surface area contributed by atoms with Crippen molar-refractivity contribution in [3.8, 4) is 0 Å². The van der Waals surface area contributed by atoms with Gasteiger partial charge in [0.1, 0.15) is 6.04 Å². The lowest BCUT2D eigenvalue weighted by atomic mass is 9.57. The number of rotatable bonds is 6. The molecule has 1 aliphatic heterocycles. The fourth-order valence-electron chi connectivity index (χ4n) is 7.88. The third-order valence-corrected chi connectivity index (χ3v) is 11.5. The number of fused-ring (bicyclic) bond motifs is 2. The standard InChI is InChI=1S/C31H45Cl3N2O4/c1-19(2)24(25(37)36-12-11-30(40,27(3,4)18-36)22-7-9-23(32)10-8-22)35-26(38)31(33,34)28(5)14-20-13-21(15-28)17-29(6,39)16-20/h7-10,19-21,24,39-40H,11-18H2,1-6H3,(H,35,38)/t20?,21?,24-,28?,29?,30+/m1/s1. The van der Waals surface area contributed by atoms with Crippen LogP contribution in [0.1, 0.15) is 85.6 Å². The molecule has 1 aromatic carbocycles. The van der Waals surface area contributed by atoms with Crippen LogP contribution in [0.5, 0.6) is 0 Å². The lowest BCUT2D eigenvalue weighted by Gasteiger charge is -2.53. The molecule has 2 unspecified atom stereocenters. The van der Waals surface area contributed by atoms with Crippen LogP contribution in [0.3, 0.4) is 0 Å². The van der Waals surface area contributed by atoms with Gasteiger partial charge in [0.25, 0.3) is 5.91 Å². The van der Waals surface area contributed by atoms with E-state index in [9.17, 15) is 19.8 Å². The minimum absolute atomic E-state index is 0.200. The molecule has 4 atom stereocenters. The zero-order valence-corrected chi connectivity index (χ0v) is 26.8. The minimum Gasteiger partial charge on any atom is -0.390 e. The Hall–Kier alpha value is -1.05. The summed E-state index contributed by atoms with van der Waals surface area (Å²) in [7, 11) is 0. The first kappa shape index (κ1) is 31.9. The molecule has 0 spiro atoms. The molecule has 4 rings (SSSR count). The zero-order chi connectivity index (χ0) is 29.9. The summed E-state index contributed by atoms with van der Waals surface area (Å²) in [4.78, 5) is 29.3. The number of amides is 2. The number of nitrogens with one attached hydrogen (secondary N) is 1. The summed E-state index contributed by atoms with van der Waals surface area (Å²) in [6, 6.07) is 6.38. The topological polar surface area (TPSA) is 89.9 Å². The highest BCUT2D eigenvalue weighted by Gasteiger charge is 2.58. The first-order chi connectivity index (χ1) is 18.3. The molecule has 2 saturated carbocycles. The Morgan fingerprint density at radius 3 is 2.05 bits per heavy atom. The van der Waals surface area contributed by atoms with Gasteiger partial charge < -0.3 is 20.4 Å². The number of hydrogen-bond donors (Lipinski definition) is 3. The fraction of sp³-hybridized carbons (Fsp3) is 0.742. The van der Waals surface area contributed by atoms with Crippen LogP contribution in [0.4, 0.5) is 0 Å². The first-order valence-corrected chi connectivity index (χ1v) is 15.6. The normalized spacial score (nSPS) is 34.9. The van der Waals surface area contributed by atoms with Gasteiger partial charge in [-0.25, -0.2) is 0 Å². The number of carbonyl (C=O) groups is 2. The minimum atomic E-state index is -1.73. The smallest absolute Gasteiger partial charge is 0.257 e. The molecular formula is C31H45Cl3N2O4. The van der Waals surface area contributed by atoms with Gasteiger partial charge in [-0.2, -0.15) is 0 Å². The van der Waals surface area contributed by atoms with E-state index in [2.05, 4.69) is 5.32 Å². The average Bonchev–Trinajstić information content (AvgIpc) is 2.82. The third-order valence-electron chi connectivity index (χ3n) is 9.95. The molecule has 6 nitrogen and oxygen atoms in total. The van der Waals surface area contributed by atoms with Crippen molar-refractivity contribution in [1.29, 1.82) is 0 Å². The molecule has 224 valence electrons.